The van der Waals surface area contributed by atoms with Gasteiger partial charge in [-0.25, -0.2) is 4.79 Å². The van der Waals surface area contributed by atoms with Gasteiger partial charge in [-0.05, 0) is 23.6 Å². The molecule has 2 aromatic carbocycles. The number of hydrogen-bond acceptors (Lipinski definition) is 4. The van der Waals surface area contributed by atoms with Crippen LogP contribution in [0.3, 0.4) is 0 Å². The van der Waals surface area contributed by atoms with Crippen LogP contribution in [0.1, 0.15) is 21.5 Å². The van der Waals surface area contributed by atoms with E-state index in [0.717, 1.165) is 5.56 Å². The number of esters is 1. The van der Waals surface area contributed by atoms with Crippen molar-refractivity contribution in [1.29, 1.82) is 0 Å². The van der Waals surface area contributed by atoms with Gasteiger partial charge in [0, 0.05) is 12.1 Å². The Morgan fingerprint density at radius 3 is 2.50 bits per heavy atom. The lowest BCUT2D eigenvalue weighted by molar-refractivity contribution is -0.384. The van der Waals surface area contributed by atoms with Gasteiger partial charge < -0.3 is 4.74 Å². The van der Waals surface area contributed by atoms with Crippen LogP contribution in [0.25, 0.3) is 0 Å². The summed E-state index contributed by atoms with van der Waals surface area (Å²) in [6.45, 7) is 0. The van der Waals surface area contributed by atoms with Gasteiger partial charge in [0.2, 0.25) is 0 Å². The minimum Gasteiger partial charge on any atom is -0.465 e. The van der Waals surface area contributed by atoms with Gasteiger partial charge in [0.25, 0.3) is 5.69 Å². The van der Waals surface area contributed by atoms with E-state index < -0.39 is 10.9 Å². The Labute approximate surface area is 116 Å². The molecule has 0 heterocycles. The second-order valence-electron chi connectivity index (χ2n) is 4.25. The molecule has 2 rings (SSSR count). The van der Waals surface area contributed by atoms with E-state index >= 15 is 0 Å². The van der Waals surface area contributed by atoms with Crippen LogP contribution in [0.15, 0.2) is 48.5 Å². The molecule has 0 aromatic heterocycles. The lowest BCUT2D eigenvalue weighted by atomic mass is 9.99. The summed E-state index contributed by atoms with van der Waals surface area (Å²) in [6.07, 6.45) is 0.437. The second kappa shape index (κ2) is 5.97. The predicted octanol–water partition coefficient (Wildman–Crippen LogP) is 2.97. The maximum Gasteiger partial charge on any atom is 0.338 e. The van der Waals surface area contributed by atoms with Crippen molar-refractivity contribution in [3.63, 3.8) is 0 Å². The number of benzene rings is 2. The largest absolute Gasteiger partial charge is 0.465 e. The molecule has 0 radical (unpaired) electrons. The molecular formula is C15H13NO4. The first-order chi connectivity index (χ1) is 9.61. The smallest absolute Gasteiger partial charge is 0.338 e. The van der Waals surface area contributed by atoms with Crippen LogP contribution >= 0.6 is 0 Å². The highest BCUT2D eigenvalue weighted by molar-refractivity contribution is 5.91. The van der Waals surface area contributed by atoms with Gasteiger partial charge in [0.15, 0.2) is 0 Å². The van der Waals surface area contributed by atoms with Crippen LogP contribution in [-0.4, -0.2) is 18.0 Å². The monoisotopic (exact) mass is 271 g/mol. The molecule has 5 nitrogen and oxygen atoms in total. The zero-order valence-corrected chi connectivity index (χ0v) is 10.9. The minimum atomic E-state index is -0.495. The Morgan fingerprint density at radius 2 is 1.90 bits per heavy atom. The van der Waals surface area contributed by atoms with Crippen molar-refractivity contribution in [2.24, 2.45) is 0 Å². The van der Waals surface area contributed by atoms with Crippen molar-refractivity contribution in [3.8, 4) is 0 Å². The van der Waals surface area contributed by atoms with Gasteiger partial charge in [0.05, 0.1) is 17.6 Å². The number of hydrogen-bond donors (Lipinski definition) is 0. The Morgan fingerprint density at radius 1 is 1.20 bits per heavy atom. The van der Waals surface area contributed by atoms with E-state index in [2.05, 4.69) is 0 Å². The lowest BCUT2D eigenvalue weighted by Gasteiger charge is -2.08. The number of non-ortho nitro benzene ring substituents is 1. The van der Waals surface area contributed by atoms with Gasteiger partial charge in [-0.3, -0.25) is 10.1 Å². The number of rotatable bonds is 4. The first-order valence-corrected chi connectivity index (χ1v) is 6.01. The number of nitrogens with zero attached hydrogens (tertiary/aromatic N) is 1. The fourth-order valence-electron chi connectivity index (χ4n) is 1.96. The molecule has 0 fully saturated rings. The Hall–Kier alpha value is -2.69. The standard InChI is InChI=1S/C15H13NO4/c1-20-15(17)14-8-7-13(16(18)19)10-12(14)9-11-5-3-2-4-6-11/h2-8,10H,9H2,1H3. The number of ether oxygens (including phenoxy) is 1. The number of nitro benzene ring substituents is 1. The number of methoxy groups -OCH3 is 1. The lowest BCUT2D eigenvalue weighted by Crippen LogP contribution is -2.07. The topological polar surface area (TPSA) is 69.4 Å². The molecule has 20 heavy (non-hydrogen) atoms. The second-order valence-corrected chi connectivity index (χ2v) is 4.25. The average molecular weight is 271 g/mol. The van der Waals surface area contributed by atoms with Gasteiger partial charge in [-0.2, -0.15) is 0 Å². The third-order valence-corrected chi connectivity index (χ3v) is 2.94. The highest BCUT2D eigenvalue weighted by atomic mass is 16.6. The summed E-state index contributed by atoms with van der Waals surface area (Å²) in [4.78, 5) is 22.1. The molecule has 0 aliphatic heterocycles. The summed E-state index contributed by atoms with van der Waals surface area (Å²) in [6, 6.07) is 13.6. The van der Waals surface area contributed by atoms with E-state index in [-0.39, 0.29) is 5.69 Å². The van der Waals surface area contributed by atoms with Crippen molar-refractivity contribution < 1.29 is 14.5 Å². The normalized spacial score (nSPS) is 10.1. The molecule has 102 valence electrons. The maximum absolute atomic E-state index is 11.7. The van der Waals surface area contributed by atoms with Crippen molar-refractivity contribution in [1.82, 2.24) is 0 Å². The molecule has 0 N–H and O–H groups in total. The van der Waals surface area contributed by atoms with Crippen LogP contribution in [0.2, 0.25) is 0 Å². The molecule has 0 aliphatic carbocycles. The number of carbonyl (C=O) groups is 1. The Kier molecular flexibility index (Phi) is 4.10. The summed E-state index contributed by atoms with van der Waals surface area (Å²) in [5.41, 5.74) is 1.86. The molecule has 5 heteroatoms. The summed E-state index contributed by atoms with van der Waals surface area (Å²) >= 11 is 0. The van der Waals surface area contributed by atoms with E-state index in [1.165, 1.54) is 25.3 Å². The molecule has 0 aliphatic rings. The van der Waals surface area contributed by atoms with Crippen molar-refractivity contribution in [3.05, 3.63) is 75.3 Å². The third-order valence-electron chi connectivity index (χ3n) is 2.94. The van der Waals surface area contributed by atoms with Crippen LogP contribution < -0.4 is 0 Å². The van der Waals surface area contributed by atoms with Crippen molar-refractivity contribution in [2.45, 2.75) is 6.42 Å². The SMILES string of the molecule is COC(=O)c1ccc([N+](=O)[O-])cc1Cc1ccccc1. The van der Waals surface area contributed by atoms with Gasteiger partial charge in [-0.15, -0.1) is 0 Å². The Balaban J connectivity index is 2.44. The van der Waals surface area contributed by atoms with E-state index in [1.54, 1.807) is 0 Å². The highest BCUT2D eigenvalue weighted by Gasteiger charge is 2.16. The van der Waals surface area contributed by atoms with E-state index in [0.29, 0.717) is 17.5 Å². The zero-order valence-electron chi connectivity index (χ0n) is 10.9. The molecule has 0 saturated heterocycles. The fraction of sp³-hybridized carbons (Fsp3) is 0.133. The summed E-state index contributed by atoms with van der Waals surface area (Å²) < 4.78 is 4.71. The summed E-state index contributed by atoms with van der Waals surface area (Å²) in [7, 11) is 1.29. The first kappa shape index (κ1) is 13.7. The van der Waals surface area contributed by atoms with E-state index in [1.807, 2.05) is 30.3 Å². The first-order valence-electron chi connectivity index (χ1n) is 6.01. The van der Waals surface area contributed by atoms with Gasteiger partial charge >= 0.3 is 5.97 Å². The van der Waals surface area contributed by atoms with Gasteiger partial charge in [-0.1, -0.05) is 30.3 Å². The minimum absolute atomic E-state index is 0.0383. The maximum atomic E-state index is 11.7. The zero-order chi connectivity index (χ0) is 14.5. The van der Waals surface area contributed by atoms with Crippen molar-refractivity contribution in [2.75, 3.05) is 7.11 Å². The van der Waals surface area contributed by atoms with Crippen LogP contribution in [0.4, 0.5) is 5.69 Å². The quantitative estimate of drug-likeness (QED) is 0.487. The Bertz CT molecular complexity index is 638. The van der Waals surface area contributed by atoms with Crippen LogP contribution in [0.5, 0.6) is 0 Å². The molecule has 0 bridgehead atoms. The number of carbonyl (C=O) groups excluding carboxylic acids is 1. The third kappa shape index (κ3) is 3.00. The molecule has 0 spiro atoms. The predicted molar refractivity (Wildman–Crippen MR) is 73.7 cm³/mol. The molecule has 0 saturated carbocycles. The van der Waals surface area contributed by atoms with Crippen LogP contribution in [0, 0.1) is 10.1 Å². The van der Waals surface area contributed by atoms with E-state index in [4.69, 9.17) is 4.74 Å². The van der Waals surface area contributed by atoms with Crippen LogP contribution in [-0.2, 0) is 11.2 Å². The average Bonchev–Trinajstić information content (AvgIpc) is 2.47. The molecule has 0 atom stereocenters. The summed E-state index contributed by atoms with van der Waals surface area (Å²) in [5.74, 6) is -0.495. The van der Waals surface area contributed by atoms with E-state index in [9.17, 15) is 14.9 Å². The summed E-state index contributed by atoms with van der Waals surface area (Å²) in [5, 5.41) is 10.8. The molecule has 0 unspecified atom stereocenters. The van der Waals surface area contributed by atoms with Gasteiger partial charge in [0.1, 0.15) is 0 Å². The number of nitro groups is 1. The molecular weight excluding hydrogens is 258 g/mol. The molecule has 2 aromatic rings. The molecule has 0 amide bonds. The fourth-order valence-corrected chi connectivity index (χ4v) is 1.96. The highest BCUT2D eigenvalue weighted by Crippen LogP contribution is 2.21. The van der Waals surface area contributed by atoms with Crippen molar-refractivity contribution >= 4 is 11.7 Å².